The average molecular weight is 288 g/mol. The molecule has 112 valence electrons. The second kappa shape index (κ2) is 6.79. The second-order valence-electron chi connectivity index (χ2n) is 5.62. The van der Waals surface area contributed by atoms with Gasteiger partial charge >= 0.3 is 5.97 Å². The lowest BCUT2D eigenvalue weighted by molar-refractivity contribution is 0.0697. The van der Waals surface area contributed by atoms with Crippen molar-refractivity contribution in [2.45, 2.75) is 26.2 Å². The lowest BCUT2D eigenvalue weighted by atomic mass is 9.86. The highest BCUT2D eigenvalue weighted by Gasteiger charge is 2.17. The van der Waals surface area contributed by atoms with Crippen molar-refractivity contribution in [1.29, 1.82) is 0 Å². The third kappa shape index (κ3) is 5.18. The number of carboxylic acids is 1. The summed E-state index contributed by atoms with van der Waals surface area (Å²) >= 11 is 0. The molecule has 0 bridgehead atoms. The fourth-order valence-corrected chi connectivity index (χ4v) is 1.71. The first-order valence-corrected chi connectivity index (χ1v) is 6.52. The predicted molar refractivity (Wildman–Crippen MR) is 81.9 cm³/mol. The Morgan fingerprint density at radius 2 is 1.52 bits per heavy atom. The molecule has 0 unspecified atom stereocenters. The van der Waals surface area contributed by atoms with E-state index in [0.717, 1.165) is 5.56 Å². The number of benzene rings is 2. The zero-order valence-electron chi connectivity index (χ0n) is 12.4. The largest absolute Gasteiger partial charge is 0.508 e. The van der Waals surface area contributed by atoms with E-state index < -0.39 is 5.97 Å². The van der Waals surface area contributed by atoms with E-state index in [1.54, 1.807) is 36.4 Å². The van der Waals surface area contributed by atoms with Crippen LogP contribution in [-0.4, -0.2) is 21.3 Å². The highest BCUT2D eigenvalue weighted by Crippen LogP contribution is 2.32. The quantitative estimate of drug-likeness (QED) is 0.698. The van der Waals surface area contributed by atoms with Crippen LogP contribution in [0.5, 0.6) is 11.5 Å². The van der Waals surface area contributed by atoms with E-state index in [9.17, 15) is 15.0 Å². The van der Waals surface area contributed by atoms with Gasteiger partial charge in [0.05, 0.1) is 5.56 Å². The van der Waals surface area contributed by atoms with Gasteiger partial charge in [0.25, 0.3) is 0 Å². The lowest BCUT2D eigenvalue weighted by Gasteiger charge is -2.20. The molecular weight excluding hydrogens is 268 g/mol. The predicted octanol–water partition coefficient (Wildman–Crippen LogP) is 3.78. The van der Waals surface area contributed by atoms with Gasteiger partial charge in [0, 0.05) is 5.56 Å². The second-order valence-corrected chi connectivity index (χ2v) is 5.62. The number of aromatic hydroxyl groups is 2. The van der Waals surface area contributed by atoms with Gasteiger partial charge in [-0.3, -0.25) is 0 Å². The molecule has 0 amide bonds. The van der Waals surface area contributed by atoms with Crippen LogP contribution >= 0.6 is 0 Å². The molecule has 2 aromatic carbocycles. The first kappa shape index (κ1) is 16.6. The summed E-state index contributed by atoms with van der Waals surface area (Å²) in [6, 6.07) is 12.9. The number of aromatic carboxylic acids is 1. The van der Waals surface area contributed by atoms with Gasteiger partial charge in [-0.05, 0) is 35.7 Å². The van der Waals surface area contributed by atoms with Crippen molar-refractivity contribution >= 4 is 5.97 Å². The molecule has 0 saturated heterocycles. The smallest absolute Gasteiger partial charge is 0.335 e. The lowest BCUT2D eigenvalue weighted by Crippen LogP contribution is -2.10. The van der Waals surface area contributed by atoms with E-state index in [2.05, 4.69) is 0 Å². The normalized spacial score (nSPS) is 10.4. The van der Waals surface area contributed by atoms with Crippen LogP contribution in [-0.2, 0) is 5.41 Å². The molecule has 0 spiro atoms. The zero-order valence-corrected chi connectivity index (χ0v) is 12.4. The summed E-state index contributed by atoms with van der Waals surface area (Å²) in [7, 11) is 0. The van der Waals surface area contributed by atoms with Crippen molar-refractivity contribution in [2.75, 3.05) is 0 Å². The van der Waals surface area contributed by atoms with Crippen LogP contribution < -0.4 is 0 Å². The number of phenolic OH excluding ortho intramolecular Hbond substituents is 2. The summed E-state index contributed by atoms with van der Waals surface area (Å²) in [6.45, 7) is 5.96. The van der Waals surface area contributed by atoms with Gasteiger partial charge < -0.3 is 15.3 Å². The fourth-order valence-electron chi connectivity index (χ4n) is 1.71. The Morgan fingerprint density at radius 1 is 0.952 bits per heavy atom. The average Bonchev–Trinajstić information content (AvgIpc) is 2.42. The summed E-state index contributed by atoms with van der Waals surface area (Å²) in [5.74, 6) is -0.450. The van der Waals surface area contributed by atoms with Crippen molar-refractivity contribution in [3.05, 3.63) is 59.7 Å². The van der Waals surface area contributed by atoms with Crippen LogP contribution in [0.25, 0.3) is 0 Å². The highest BCUT2D eigenvalue weighted by molar-refractivity contribution is 5.87. The molecule has 2 aromatic rings. The molecule has 0 fully saturated rings. The summed E-state index contributed by atoms with van der Waals surface area (Å²) < 4.78 is 0. The van der Waals surface area contributed by atoms with Crippen molar-refractivity contribution in [1.82, 2.24) is 0 Å². The van der Waals surface area contributed by atoms with Gasteiger partial charge in [0.2, 0.25) is 0 Å². The summed E-state index contributed by atoms with van der Waals surface area (Å²) in [5, 5.41) is 27.0. The third-order valence-corrected chi connectivity index (χ3v) is 2.81. The van der Waals surface area contributed by atoms with Gasteiger partial charge in [-0.15, -0.1) is 0 Å². The van der Waals surface area contributed by atoms with Crippen LogP contribution in [0.3, 0.4) is 0 Å². The Labute approximate surface area is 124 Å². The monoisotopic (exact) mass is 288 g/mol. The van der Waals surface area contributed by atoms with Gasteiger partial charge in [-0.25, -0.2) is 4.79 Å². The van der Waals surface area contributed by atoms with Crippen molar-refractivity contribution in [3.8, 4) is 11.5 Å². The molecule has 3 N–H and O–H groups in total. The molecule has 0 atom stereocenters. The van der Waals surface area contributed by atoms with E-state index in [4.69, 9.17) is 5.11 Å². The van der Waals surface area contributed by atoms with Crippen LogP contribution in [0, 0.1) is 0 Å². The number of phenols is 2. The zero-order chi connectivity index (χ0) is 16.0. The van der Waals surface area contributed by atoms with Gasteiger partial charge in [-0.1, -0.05) is 39.0 Å². The molecule has 0 radical (unpaired) electrons. The van der Waals surface area contributed by atoms with E-state index in [1.165, 1.54) is 12.1 Å². The van der Waals surface area contributed by atoms with Crippen molar-refractivity contribution in [3.63, 3.8) is 0 Å². The first-order chi connectivity index (χ1) is 9.71. The number of carbonyl (C=O) groups is 1. The molecular formula is C17H20O4. The molecule has 0 aliphatic rings. The third-order valence-electron chi connectivity index (χ3n) is 2.81. The Morgan fingerprint density at radius 3 is 1.90 bits per heavy atom. The Balaban J connectivity index is 0.000000219. The number of carboxylic acid groups (broad SMARTS) is 1. The minimum atomic E-state index is -0.879. The van der Waals surface area contributed by atoms with Gasteiger partial charge in [0.1, 0.15) is 11.5 Å². The Bertz CT molecular complexity index is 598. The number of hydrogen-bond donors (Lipinski definition) is 3. The topological polar surface area (TPSA) is 77.8 Å². The molecule has 0 aliphatic heterocycles. The number of hydrogen-bond acceptors (Lipinski definition) is 3. The summed E-state index contributed by atoms with van der Waals surface area (Å²) in [4.78, 5) is 10.2. The molecule has 4 heteroatoms. The van der Waals surface area contributed by atoms with Crippen LogP contribution in [0.15, 0.2) is 48.5 Å². The minimum absolute atomic E-state index is 0.136. The van der Waals surface area contributed by atoms with Crippen molar-refractivity contribution in [2.24, 2.45) is 0 Å². The Hall–Kier alpha value is -2.49. The molecule has 2 rings (SSSR count). The highest BCUT2D eigenvalue weighted by atomic mass is 16.4. The first-order valence-electron chi connectivity index (χ1n) is 6.52. The SMILES string of the molecule is CC(C)(C)c1cc(O)ccc1O.O=C(O)c1ccccc1. The summed E-state index contributed by atoms with van der Waals surface area (Å²) in [6.07, 6.45) is 0. The van der Waals surface area contributed by atoms with E-state index in [0.29, 0.717) is 5.56 Å². The molecule has 0 aliphatic carbocycles. The molecule has 21 heavy (non-hydrogen) atoms. The van der Waals surface area contributed by atoms with Gasteiger partial charge in [-0.2, -0.15) is 0 Å². The molecule has 4 nitrogen and oxygen atoms in total. The Kier molecular flexibility index (Phi) is 5.36. The standard InChI is InChI=1S/C10H14O2.C7H6O2/c1-10(2,3)8-6-7(11)4-5-9(8)12;8-7(9)6-4-2-1-3-5-6/h4-6,11-12H,1-3H3;1-5H,(H,8,9). The van der Waals surface area contributed by atoms with E-state index in [1.807, 2.05) is 20.8 Å². The molecule has 0 aromatic heterocycles. The van der Waals surface area contributed by atoms with Crippen LogP contribution in [0.1, 0.15) is 36.7 Å². The maximum Gasteiger partial charge on any atom is 0.335 e. The van der Waals surface area contributed by atoms with Crippen LogP contribution in [0.2, 0.25) is 0 Å². The van der Waals surface area contributed by atoms with E-state index in [-0.39, 0.29) is 16.9 Å². The fraction of sp³-hybridized carbons (Fsp3) is 0.235. The van der Waals surface area contributed by atoms with E-state index >= 15 is 0 Å². The van der Waals surface area contributed by atoms with Crippen LogP contribution in [0.4, 0.5) is 0 Å². The molecule has 0 saturated carbocycles. The maximum absolute atomic E-state index is 10.2. The van der Waals surface area contributed by atoms with Gasteiger partial charge in [0.15, 0.2) is 0 Å². The number of rotatable bonds is 1. The summed E-state index contributed by atoms with van der Waals surface area (Å²) in [5.41, 5.74) is 0.961. The minimum Gasteiger partial charge on any atom is -0.508 e. The molecule has 0 heterocycles. The van der Waals surface area contributed by atoms with Crippen molar-refractivity contribution < 1.29 is 20.1 Å². The maximum atomic E-state index is 10.2.